The van der Waals surface area contributed by atoms with Gasteiger partial charge in [-0.25, -0.2) is 4.98 Å². The highest BCUT2D eigenvalue weighted by Gasteiger charge is 2.08. The fourth-order valence-corrected chi connectivity index (χ4v) is 2.78. The van der Waals surface area contributed by atoms with Crippen LogP contribution >= 0.6 is 0 Å². The Morgan fingerprint density at radius 3 is 2.50 bits per heavy atom. The molecule has 0 amide bonds. The third kappa shape index (κ3) is 4.70. The SMILES string of the molecule is COc1ccccc1Nc1cc(CN(C)Cc2ccccc2)nc(N)n1. The number of anilines is 3. The van der Waals surface area contributed by atoms with Gasteiger partial charge in [-0.05, 0) is 24.7 Å². The van der Waals surface area contributed by atoms with Crippen molar-refractivity contribution >= 4 is 17.5 Å². The van der Waals surface area contributed by atoms with Gasteiger partial charge in [0.25, 0.3) is 0 Å². The lowest BCUT2D eigenvalue weighted by molar-refractivity contribution is 0.315. The van der Waals surface area contributed by atoms with Crippen LogP contribution in [0, 0.1) is 0 Å². The maximum absolute atomic E-state index is 5.90. The molecular weight excluding hydrogens is 326 g/mol. The molecule has 0 aliphatic carbocycles. The first-order valence-corrected chi connectivity index (χ1v) is 8.40. The van der Waals surface area contributed by atoms with Crippen molar-refractivity contribution in [2.45, 2.75) is 13.1 Å². The molecule has 0 unspecified atom stereocenters. The highest BCUT2D eigenvalue weighted by molar-refractivity contribution is 5.64. The molecule has 1 heterocycles. The Balaban J connectivity index is 1.73. The summed E-state index contributed by atoms with van der Waals surface area (Å²) in [5.41, 5.74) is 8.84. The first-order chi connectivity index (χ1) is 12.6. The van der Waals surface area contributed by atoms with Crippen molar-refractivity contribution in [2.24, 2.45) is 0 Å². The van der Waals surface area contributed by atoms with E-state index in [2.05, 4.69) is 39.4 Å². The predicted molar refractivity (Wildman–Crippen MR) is 104 cm³/mol. The van der Waals surface area contributed by atoms with Crippen LogP contribution in [0.25, 0.3) is 0 Å². The number of para-hydroxylation sites is 2. The largest absolute Gasteiger partial charge is 0.495 e. The molecule has 2 aromatic carbocycles. The predicted octanol–water partition coefficient (Wildman–Crippen LogP) is 3.44. The standard InChI is InChI=1S/C20H23N5O/c1-25(13-15-8-4-3-5-9-15)14-16-12-19(24-20(21)22-16)23-17-10-6-7-11-18(17)26-2/h3-12H,13-14H2,1-2H3,(H3,21,22,23,24). The van der Waals surface area contributed by atoms with Gasteiger partial charge in [-0.15, -0.1) is 0 Å². The Morgan fingerprint density at radius 2 is 1.73 bits per heavy atom. The van der Waals surface area contributed by atoms with Gasteiger partial charge in [-0.1, -0.05) is 42.5 Å². The van der Waals surface area contributed by atoms with Gasteiger partial charge in [0.1, 0.15) is 11.6 Å². The van der Waals surface area contributed by atoms with Crippen molar-refractivity contribution < 1.29 is 4.74 Å². The monoisotopic (exact) mass is 349 g/mol. The molecule has 3 N–H and O–H groups in total. The summed E-state index contributed by atoms with van der Waals surface area (Å²) in [7, 11) is 3.69. The number of nitrogen functional groups attached to an aromatic ring is 1. The Bertz CT molecular complexity index is 854. The lowest BCUT2D eigenvalue weighted by atomic mass is 10.2. The highest BCUT2D eigenvalue weighted by atomic mass is 16.5. The van der Waals surface area contributed by atoms with E-state index in [4.69, 9.17) is 10.5 Å². The van der Waals surface area contributed by atoms with E-state index in [0.29, 0.717) is 12.4 Å². The van der Waals surface area contributed by atoms with Crippen LogP contribution in [0.1, 0.15) is 11.3 Å². The number of nitrogens with two attached hydrogens (primary N) is 1. The number of hydrogen-bond donors (Lipinski definition) is 2. The van der Waals surface area contributed by atoms with Crippen LogP contribution in [-0.2, 0) is 13.1 Å². The van der Waals surface area contributed by atoms with Crippen LogP contribution in [0.15, 0.2) is 60.7 Å². The summed E-state index contributed by atoms with van der Waals surface area (Å²) in [5.74, 6) is 1.63. The van der Waals surface area contributed by atoms with E-state index in [1.807, 2.05) is 48.5 Å². The first-order valence-electron chi connectivity index (χ1n) is 8.40. The van der Waals surface area contributed by atoms with Crippen molar-refractivity contribution in [3.05, 3.63) is 71.9 Å². The van der Waals surface area contributed by atoms with Gasteiger partial charge in [0, 0.05) is 19.2 Å². The van der Waals surface area contributed by atoms with Gasteiger partial charge >= 0.3 is 0 Å². The van der Waals surface area contributed by atoms with E-state index in [-0.39, 0.29) is 5.95 Å². The van der Waals surface area contributed by atoms with Crippen molar-refractivity contribution in [3.8, 4) is 5.75 Å². The minimum absolute atomic E-state index is 0.244. The molecule has 0 aliphatic heterocycles. The zero-order valence-corrected chi connectivity index (χ0v) is 15.0. The number of aromatic nitrogens is 2. The second-order valence-electron chi connectivity index (χ2n) is 6.09. The number of benzene rings is 2. The van der Waals surface area contributed by atoms with Crippen LogP contribution in [0.2, 0.25) is 0 Å². The zero-order valence-electron chi connectivity index (χ0n) is 15.0. The van der Waals surface area contributed by atoms with Gasteiger partial charge in [0.15, 0.2) is 0 Å². The number of ether oxygens (including phenoxy) is 1. The van der Waals surface area contributed by atoms with Crippen LogP contribution in [0.5, 0.6) is 5.75 Å². The van der Waals surface area contributed by atoms with Crippen LogP contribution in [0.3, 0.4) is 0 Å². The number of methoxy groups -OCH3 is 1. The molecule has 6 nitrogen and oxygen atoms in total. The van der Waals surface area contributed by atoms with Gasteiger partial charge in [0.2, 0.25) is 5.95 Å². The Morgan fingerprint density at radius 1 is 1.00 bits per heavy atom. The number of nitrogens with zero attached hydrogens (tertiary/aromatic N) is 3. The van der Waals surface area contributed by atoms with Crippen molar-refractivity contribution in [1.82, 2.24) is 14.9 Å². The smallest absolute Gasteiger partial charge is 0.222 e. The second-order valence-corrected chi connectivity index (χ2v) is 6.09. The van der Waals surface area contributed by atoms with Gasteiger partial charge in [-0.3, -0.25) is 4.90 Å². The molecule has 0 bridgehead atoms. The molecule has 3 aromatic rings. The molecule has 0 spiro atoms. The molecule has 0 radical (unpaired) electrons. The quantitative estimate of drug-likeness (QED) is 0.680. The number of rotatable bonds is 7. The summed E-state index contributed by atoms with van der Waals surface area (Å²) in [6.07, 6.45) is 0. The van der Waals surface area contributed by atoms with E-state index < -0.39 is 0 Å². The fraction of sp³-hybridized carbons (Fsp3) is 0.200. The van der Waals surface area contributed by atoms with Crippen molar-refractivity contribution in [2.75, 3.05) is 25.2 Å². The molecule has 26 heavy (non-hydrogen) atoms. The first kappa shape index (κ1) is 17.7. The Hall–Kier alpha value is -3.12. The summed E-state index contributed by atoms with van der Waals surface area (Å²) in [4.78, 5) is 10.8. The van der Waals surface area contributed by atoms with Crippen molar-refractivity contribution in [3.63, 3.8) is 0 Å². The van der Waals surface area contributed by atoms with Crippen LogP contribution in [-0.4, -0.2) is 29.0 Å². The lowest BCUT2D eigenvalue weighted by Crippen LogP contribution is -2.18. The van der Waals surface area contributed by atoms with Crippen LogP contribution in [0.4, 0.5) is 17.5 Å². The Labute approximate surface area is 153 Å². The molecule has 1 aromatic heterocycles. The molecule has 134 valence electrons. The molecular formula is C20H23N5O. The molecule has 0 aliphatic rings. The maximum Gasteiger partial charge on any atom is 0.222 e. The third-order valence-electron chi connectivity index (χ3n) is 3.89. The van der Waals surface area contributed by atoms with E-state index in [0.717, 1.165) is 23.7 Å². The minimum atomic E-state index is 0.244. The van der Waals surface area contributed by atoms with E-state index in [1.165, 1.54) is 5.56 Å². The Kier molecular flexibility index (Phi) is 5.66. The summed E-state index contributed by atoms with van der Waals surface area (Å²) < 4.78 is 5.36. The van der Waals surface area contributed by atoms with E-state index >= 15 is 0 Å². The lowest BCUT2D eigenvalue weighted by Gasteiger charge is -2.17. The van der Waals surface area contributed by atoms with Gasteiger partial charge in [0.05, 0.1) is 18.5 Å². The van der Waals surface area contributed by atoms with E-state index in [9.17, 15) is 0 Å². The summed E-state index contributed by atoms with van der Waals surface area (Å²) >= 11 is 0. The van der Waals surface area contributed by atoms with Gasteiger partial charge < -0.3 is 15.8 Å². The molecule has 0 atom stereocenters. The molecule has 6 heteroatoms. The number of nitrogens with one attached hydrogen (secondary N) is 1. The van der Waals surface area contributed by atoms with Gasteiger partial charge in [-0.2, -0.15) is 4.98 Å². The topological polar surface area (TPSA) is 76.3 Å². The van der Waals surface area contributed by atoms with Crippen molar-refractivity contribution in [1.29, 1.82) is 0 Å². The average Bonchev–Trinajstić information content (AvgIpc) is 2.62. The fourth-order valence-electron chi connectivity index (χ4n) is 2.78. The normalized spacial score (nSPS) is 10.7. The zero-order chi connectivity index (χ0) is 18.4. The summed E-state index contributed by atoms with van der Waals surface area (Å²) in [5, 5.41) is 3.25. The van der Waals surface area contributed by atoms with Crippen LogP contribution < -0.4 is 15.8 Å². The molecule has 3 rings (SSSR count). The maximum atomic E-state index is 5.90. The highest BCUT2D eigenvalue weighted by Crippen LogP contribution is 2.26. The third-order valence-corrected chi connectivity index (χ3v) is 3.89. The molecule has 0 fully saturated rings. The van der Waals surface area contributed by atoms with E-state index in [1.54, 1.807) is 7.11 Å². The molecule has 0 saturated heterocycles. The summed E-state index contributed by atoms with van der Waals surface area (Å²) in [6, 6.07) is 19.9. The summed E-state index contributed by atoms with van der Waals surface area (Å²) in [6.45, 7) is 1.50. The average molecular weight is 349 g/mol. The number of hydrogen-bond acceptors (Lipinski definition) is 6. The molecule has 0 saturated carbocycles. The second kappa shape index (κ2) is 8.31. The minimum Gasteiger partial charge on any atom is -0.495 e.